The van der Waals surface area contributed by atoms with Gasteiger partial charge in [-0.2, -0.15) is 0 Å². The van der Waals surface area contributed by atoms with E-state index >= 15 is 0 Å². The molecule has 1 atom stereocenters. The van der Waals surface area contributed by atoms with Gasteiger partial charge in [0, 0.05) is 26.2 Å². The van der Waals surface area contributed by atoms with Gasteiger partial charge in [0.2, 0.25) is 10.0 Å². The third kappa shape index (κ3) is 2.40. The van der Waals surface area contributed by atoms with Crippen molar-refractivity contribution in [3.8, 4) is 0 Å². The van der Waals surface area contributed by atoms with E-state index in [0.29, 0.717) is 12.5 Å². The molecule has 0 amide bonds. The minimum absolute atomic E-state index is 0.0116. The molecule has 2 rings (SSSR count). The van der Waals surface area contributed by atoms with Crippen LogP contribution >= 0.6 is 0 Å². The Balaban J connectivity index is 1.78. The second-order valence-corrected chi connectivity index (χ2v) is 6.68. The summed E-state index contributed by atoms with van der Waals surface area (Å²) in [5.74, 6) is 0.647. The van der Waals surface area contributed by atoms with Gasteiger partial charge in [0.15, 0.2) is 0 Å². The Labute approximate surface area is 97.0 Å². The molecule has 0 unspecified atom stereocenters. The van der Waals surface area contributed by atoms with E-state index in [1.165, 1.54) is 0 Å². The van der Waals surface area contributed by atoms with Gasteiger partial charge in [-0.05, 0) is 25.7 Å². The highest BCUT2D eigenvalue weighted by Crippen LogP contribution is 2.37. The molecule has 0 aromatic carbocycles. The summed E-state index contributed by atoms with van der Waals surface area (Å²) in [6, 6.07) is 0. The summed E-state index contributed by atoms with van der Waals surface area (Å²) < 4.78 is 30.9. The highest BCUT2D eigenvalue weighted by Gasteiger charge is 2.48. The number of nitrogens with one attached hydrogen (secondary N) is 2. The second-order valence-electron chi connectivity index (χ2n) is 4.59. The molecule has 2 aliphatic rings. The van der Waals surface area contributed by atoms with Gasteiger partial charge >= 0.3 is 0 Å². The highest BCUT2D eigenvalue weighted by molar-refractivity contribution is 7.89. The Kier molecular flexibility index (Phi) is 3.53. The van der Waals surface area contributed by atoms with Crippen molar-refractivity contribution in [2.75, 3.05) is 32.0 Å². The first-order valence-electron chi connectivity index (χ1n) is 5.90. The zero-order valence-corrected chi connectivity index (χ0v) is 10.5. The smallest absolute Gasteiger partial charge is 0.211 e. The highest BCUT2D eigenvalue weighted by atomic mass is 32.2. The summed E-state index contributed by atoms with van der Waals surface area (Å²) in [5.41, 5.74) is 0.0116. The normalized spacial score (nSPS) is 28.2. The topological polar surface area (TPSA) is 67.4 Å². The quantitative estimate of drug-likeness (QED) is 0.700. The summed E-state index contributed by atoms with van der Waals surface area (Å²) in [6.45, 7) is 4.83. The predicted molar refractivity (Wildman–Crippen MR) is 61.7 cm³/mol. The Bertz CT molecular complexity index is 338. The molecule has 0 radical (unpaired) electrons. The molecule has 0 saturated carbocycles. The fourth-order valence-corrected chi connectivity index (χ4v) is 3.08. The third-order valence-electron chi connectivity index (χ3n) is 3.64. The lowest BCUT2D eigenvalue weighted by atomic mass is 9.80. The maximum atomic E-state index is 11.3. The molecule has 2 aliphatic heterocycles. The predicted octanol–water partition coefficient (Wildman–Crippen LogP) is -0.306. The van der Waals surface area contributed by atoms with E-state index in [2.05, 4.69) is 10.0 Å². The van der Waals surface area contributed by atoms with Crippen molar-refractivity contribution in [1.29, 1.82) is 0 Å². The summed E-state index contributed by atoms with van der Waals surface area (Å²) >= 11 is 0. The van der Waals surface area contributed by atoms with E-state index in [0.717, 1.165) is 32.5 Å². The van der Waals surface area contributed by atoms with Crippen LogP contribution in [0.25, 0.3) is 0 Å². The SMILES string of the molecule is CCS(=O)(=O)NCC[C@@H]1CCOC12CNC2. The molecule has 94 valence electrons. The molecular weight excluding hydrogens is 228 g/mol. The summed E-state index contributed by atoms with van der Waals surface area (Å²) in [4.78, 5) is 0. The van der Waals surface area contributed by atoms with Gasteiger partial charge in [-0.3, -0.25) is 0 Å². The molecule has 1 spiro atoms. The Morgan fingerprint density at radius 3 is 2.81 bits per heavy atom. The molecule has 16 heavy (non-hydrogen) atoms. The van der Waals surface area contributed by atoms with Crippen molar-refractivity contribution in [1.82, 2.24) is 10.0 Å². The lowest BCUT2D eigenvalue weighted by Gasteiger charge is -2.43. The standard InChI is InChI=1S/C10H20N2O3S/c1-2-16(13,14)12-5-3-9-4-6-15-10(9)7-11-8-10/h9,11-12H,2-8H2,1H3/t9-/m1/s1. The number of ether oxygens (including phenoxy) is 1. The average molecular weight is 248 g/mol. The summed E-state index contributed by atoms with van der Waals surface area (Å²) in [7, 11) is -3.04. The molecule has 6 heteroatoms. The van der Waals surface area contributed by atoms with Gasteiger partial charge in [-0.1, -0.05) is 0 Å². The molecule has 2 heterocycles. The zero-order chi connectivity index (χ0) is 11.6. The third-order valence-corrected chi connectivity index (χ3v) is 5.05. The maximum absolute atomic E-state index is 11.3. The van der Waals surface area contributed by atoms with Crippen LogP contribution in [-0.2, 0) is 14.8 Å². The van der Waals surface area contributed by atoms with E-state index in [1.807, 2.05) is 0 Å². The molecule has 5 nitrogen and oxygen atoms in total. The van der Waals surface area contributed by atoms with Crippen LogP contribution in [0, 0.1) is 5.92 Å². The van der Waals surface area contributed by atoms with Crippen molar-refractivity contribution >= 4 is 10.0 Å². The van der Waals surface area contributed by atoms with E-state index in [1.54, 1.807) is 6.92 Å². The fraction of sp³-hybridized carbons (Fsp3) is 1.00. The summed E-state index contributed by atoms with van der Waals surface area (Å²) in [6.07, 6.45) is 1.93. The van der Waals surface area contributed by atoms with Gasteiger partial charge in [-0.25, -0.2) is 13.1 Å². The fourth-order valence-electron chi connectivity index (χ4n) is 2.45. The molecule has 0 aliphatic carbocycles. The van der Waals surface area contributed by atoms with Crippen LogP contribution in [0.2, 0.25) is 0 Å². The Hall–Kier alpha value is -0.170. The van der Waals surface area contributed by atoms with Crippen LogP contribution in [0.3, 0.4) is 0 Å². The van der Waals surface area contributed by atoms with Crippen molar-refractivity contribution in [3.05, 3.63) is 0 Å². The van der Waals surface area contributed by atoms with Gasteiger partial charge in [0.05, 0.1) is 11.4 Å². The minimum Gasteiger partial charge on any atom is -0.372 e. The number of hydrogen-bond donors (Lipinski definition) is 2. The molecule has 0 bridgehead atoms. The zero-order valence-electron chi connectivity index (χ0n) is 9.66. The summed E-state index contributed by atoms with van der Waals surface area (Å²) in [5, 5.41) is 3.23. The number of rotatable bonds is 5. The first kappa shape index (κ1) is 12.3. The van der Waals surface area contributed by atoms with Crippen molar-refractivity contribution in [3.63, 3.8) is 0 Å². The largest absolute Gasteiger partial charge is 0.372 e. The number of hydrogen-bond acceptors (Lipinski definition) is 4. The van der Waals surface area contributed by atoms with Gasteiger partial charge in [0.25, 0.3) is 0 Å². The van der Waals surface area contributed by atoms with Crippen molar-refractivity contribution < 1.29 is 13.2 Å². The minimum atomic E-state index is -3.04. The molecule has 0 aromatic rings. The van der Waals surface area contributed by atoms with Crippen molar-refractivity contribution in [2.45, 2.75) is 25.4 Å². The van der Waals surface area contributed by atoms with Crippen LogP contribution in [0.15, 0.2) is 0 Å². The Morgan fingerprint density at radius 1 is 1.50 bits per heavy atom. The van der Waals surface area contributed by atoms with E-state index in [4.69, 9.17) is 4.74 Å². The molecular formula is C10H20N2O3S. The van der Waals surface area contributed by atoms with Gasteiger partial charge < -0.3 is 10.1 Å². The van der Waals surface area contributed by atoms with Crippen LogP contribution in [0.1, 0.15) is 19.8 Å². The lowest BCUT2D eigenvalue weighted by molar-refractivity contribution is -0.0624. The monoisotopic (exact) mass is 248 g/mol. The van der Waals surface area contributed by atoms with Gasteiger partial charge in [-0.15, -0.1) is 0 Å². The maximum Gasteiger partial charge on any atom is 0.211 e. The van der Waals surface area contributed by atoms with Gasteiger partial charge in [0.1, 0.15) is 0 Å². The molecule has 2 saturated heterocycles. The molecule has 2 fully saturated rings. The van der Waals surface area contributed by atoms with Crippen LogP contribution in [0.5, 0.6) is 0 Å². The second kappa shape index (κ2) is 4.60. The van der Waals surface area contributed by atoms with E-state index in [-0.39, 0.29) is 11.4 Å². The average Bonchev–Trinajstić information content (AvgIpc) is 2.61. The molecule has 2 N–H and O–H groups in total. The van der Waals surface area contributed by atoms with Crippen LogP contribution in [-0.4, -0.2) is 46.0 Å². The number of sulfonamides is 1. The molecule has 0 aromatic heterocycles. The van der Waals surface area contributed by atoms with Crippen LogP contribution < -0.4 is 10.0 Å². The lowest BCUT2D eigenvalue weighted by Crippen LogP contribution is -2.62. The Morgan fingerprint density at radius 2 is 2.25 bits per heavy atom. The van der Waals surface area contributed by atoms with Crippen molar-refractivity contribution in [2.24, 2.45) is 5.92 Å². The first-order chi connectivity index (χ1) is 7.58. The van der Waals surface area contributed by atoms with Crippen LogP contribution in [0.4, 0.5) is 0 Å². The van der Waals surface area contributed by atoms with E-state index < -0.39 is 10.0 Å². The first-order valence-corrected chi connectivity index (χ1v) is 7.55. The van der Waals surface area contributed by atoms with E-state index in [9.17, 15) is 8.42 Å².